The van der Waals surface area contributed by atoms with Crippen molar-refractivity contribution in [2.75, 3.05) is 0 Å². The number of H-pyrrole nitrogens is 1. The van der Waals surface area contributed by atoms with Gasteiger partial charge in [-0.1, -0.05) is 18.2 Å². The Balaban J connectivity index is 2.44. The third-order valence-electron chi connectivity index (χ3n) is 2.78. The Hall–Kier alpha value is -2.69. The normalized spacial score (nSPS) is 10.9. The highest BCUT2D eigenvalue weighted by Gasteiger charge is 2.16. The number of nitro groups is 1. The van der Waals surface area contributed by atoms with Crippen LogP contribution in [0.25, 0.3) is 22.2 Å². The van der Waals surface area contributed by atoms with Crippen LogP contribution in [-0.2, 0) is 0 Å². The fourth-order valence-electron chi connectivity index (χ4n) is 1.94. The van der Waals surface area contributed by atoms with Crippen molar-refractivity contribution in [3.8, 4) is 11.3 Å². The van der Waals surface area contributed by atoms with Crippen molar-refractivity contribution in [2.45, 2.75) is 0 Å². The molecule has 0 saturated carbocycles. The summed E-state index contributed by atoms with van der Waals surface area (Å²) >= 11 is 0. The molecule has 1 aromatic carbocycles. The number of pyridine rings is 1. The van der Waals surface area contributed by atoms with Crippen LogP contribution in [0.15, 0.2) is 41.2 Å². The van der Waals surface area contributed by atoms with Crippen molar-refractivity contribution in [3.63, 3.8) is 0 Å². The van der Waals surface area contributed by atoms with E-state index < -0.39 is 10.4 Å². The standard InChI is InChI=1S/C13H7N2O3/c16-13-7-9(15(17)18)6-12-10(13)5-8-3-1-2-4-11(8)14-12/h1-6,14H. The fourth-order valence-corrected chi connectivity index (χ4v) is 1.94. The van der Waals surface area contributed by atoms with Crippen LogP contribution in [0.1, 0.15) is 0 Å². The van der Waals surface area contributed by atoms with E-state index in [9.17, 15) is 14.9 Å². The van der Waals surface area contributed by atoms with E-state index in [1.54, 1.807) is 6.07 Å². The first-order valence-corrected chi connectivity index (χ1v) is 5.27. The van der Waals surface area contributed by atoms with E-state index in [0.717, 1.165) is 10.9 Å². The molecule has 0 atom stereocenters. The summed E-state index contributed by atoms with van der Waals surface area (Å²) in [5, 5.41) is 11.6. The van der Waals surface area contributed by atoms with E-state index in [4.69, 9.17) is 0 Å². The zero-order chi connectivity index (χ0) is 12.7. The molecular formula is C13H7N2O3. The van der Waals surface area contributed by atoms with Gasteiger partial charge in [0.25, 0.3) is 5.69 Å². The summed E-state index contributed by atoms with van der Waals surface area (Å²) in [5.74, 6) is 0. The van der Waals surface area contributed by atoms with Crippen molar-refractivity contribution >= 4 is 16.6 Å². The van der Waals surface area contributed by atoms with Gasteiger partial charge in [0.15, 0.2) is 0 Å². The Morgan fingerprint density at radius 3 is 2.78 bits per heavy atom. The quantitative estimate of drug-likeness (QED) is 0.402. The largest absolute Gasteiger partial charge is 0.354 e. The molecule has 0 aromatic heterocycles. The lowest BCUT2D eigenvalue weighted by atomic mass is 10.0. The van der Waals surface area contributed by atoms with Gasteiger partial charge in [-0.05, 0) is 17.5 Å². The van der Waals surface area contributed by atoms with Gasteiger partial charge in [0.1, 0.15) is 6.07 Å². The number of aromatic nitrogens is 1. The van der Waals surface area contributed by atoms with Crippen LogP contribution in [0.5, 0.6) is 0 Å². The van der Waals surface area contributed by atoms with Crippen LogP contribution in [0.4, 0.5) is 5.69 Å². The van der Waals surface area contributed by atoms with Crippen molar-refractivity contribution < 1.29 is 4.92 Å². The van der Waals surface area contributed by atoms with Gasteiger partial charge in [-0.2, -0.15) is 0 Å². The van der Waals surface area contributed by atoms with Gasteiger partial charge in [-0.25, -0.2) is 0 Å². The Kier molecular flexibility index (Phi) is 2.13. The van der Waals surface area contributed by atoms with Gasteiger partial charge in [-0.3, -0.25) is 14.9 Å². The van der Waals surface area contributed by atoms with Crippen LogP contribution in [-0.4, -0.2) is 9.91 Å². The summed E-state index contributed by atoms with van der Waals surface area (Å²) in [7, 11) is 0. The first kappa shape index (κ1) is 10.5. The number of hydrogen-bond acceptors (Lipinski definition) is 3. The summed E-state index contributed by atoms with van der Waals surface area (Å²) in [5.41, 5.74) is 0.883. The molecular weight excluding hydrogens is 232 g/mol. The van der Waals surface area contributed by atoms with E-state index in [1.807, 2.05) is 24.3 Å². The van der Waals surface area contributed by atoms with E-state index in [1.165, 1.54) is 6.07 Å². The second kappa shape index (κ2) is 3.66. The summed E-state index contributed by atoms with van der Waals surface area (Å²) in [6.45, 7) is 0. The lowest BCUT2D eigenvalue weighted by Gasteiger charge is -2.07. The second-order valence-corrected chi connectivity index (χ2v) is 3.92. The molecule has 18 heavy (non-hydrogen) atoms. The smallest absolute Gasteiger partial charge is 0.283 e. The maximum Gasteiger partial charge on any atom is 0.283 e. The van der Waals surface area contributed by atoms with Crippen molar-refractivity contribution in [3.05, 3.63) is 62.8 Å². The maximum absolute atomic E-state index is 11.8. The summed E-state index contributed by atoms with van der Waals surface area (Å²) in [6, 6.07) is 12.7. The average molecular weight is 239 g/mol. The predicted octanol–water partition coefficient (Wildman–Crippen LogP) is 2.34. The minimum Gasteiger partial charge on any atom is -0.354 e. The van der Waals surface area contributed by atoms with Crippen LogP contribution in [0.3, 0.4) is 0 Å². The monoisotopic (exact) mass is 239 g/mol. The molecule has 0 saturated heterocycles. The van der Waals surface area contributed by atoms with Gasteiger partial charge < -0.3 is 4.98 Å². The molecule has 0 unspecified atom stereocenters. The number of para-hydroxylation sites is 1. The van der Waals surface area contributed by atoms with E-state index in [0.29, 0.717) is 11.3 Å². The lowest BCUT2D eigenvalue weighted by molar-refractivity contribution is -0.385. The van der Waals surface area contributed by atoms with E-state index >= 15 is 0 Å². The Bertz CT molecular complexity index is 792. The first-order chi connectivity index (χ1) is 8.65. The highest BCUT2D eigenvalue weighted by molar-refractivity contribution is 5.85. The molecule has 3 rings (SSSR count). The number of rotatable bonds is 1. The molecule has 5 nitrogen and oxygen atoms in total. The number of nitrogens with one attached hydrogen (secondary N) is 1. The minimum atomic E-state index is -0.621. The molecule has 1 heterocycles. The lowest BCUT2D eigenvalue weighted by Crippen LogP contribution is -2.08. The molecule has 2 aliphatic rings. The van der Waals surface area contributed by atoms with E-state index in [2.05, 4.69) is 11.1 Å². The Labute approximate surface area is 101 Å². The number of nitrogens with zero attached hydrogens (tertiary/aromatic N) is 1. The van der Waals surface area contributed by atoms with Crippen molar-refractivity contribution in [1.82, 2.24) is 4.98 Å². The number of benzene rings is 2. The average Bonchev–Trinajstić information content (AvgIpc) is 2.36. The topological polar surface area (TPSA) is 76.0 Å². The third-order valence-corrected chi connectivity index (χ3v) is 2.78. The zero-order valence-corrected chi connectivity index (χ0v) is 9.14. The molecule has 0 bridgehead atoms. The molecule has 5 heteroatoms. The number of hydrogen-bond donors (Lipinski definition) is 1. The van der Waals surface area contributed by atoms with Crippen molar-refractivity contribution in [1.29, 1.82) is 0 Å². The maximum atomic E-state index is 11.8. The molecule has 1 aliphatic heterocycles. The first-order valence-electron chi connectivity index (χ1n) is 5.27. The van der Waals surface area contributed by atoms with Gasteiger partial charge >= 0.3 is 0 Å². The molecule has 1 aliphatic carbocycles. The van der Waals surface area contributed by atoms with Gasteiger partial charge in [0.05, 0.1) is 10.6 Å². The molecule has 1 aromatic rings. The fraction of sp³-hybridized carbons (Fsp3) is 0. The second-order valence-electron chi connectivity index (χ2n) is 3.92. The van der Waals surface area contributed by atoms with Crippen LogP contribution < -0.4 is 5.43 Å². The Morgan fingerprint density at radius 2 is 2.00 bits per heavy atom. The number of fused-ring (bicyclic) bond motifs is 2. The predicted molar refractivity (Wildman–Crippen MR) is 66.7 cm³/mol. The SMILES string of the molecule is O=c1[c]c([N+](=O)[O-])cc2[nH]c3ccccc3cc1-2. The van der Waals surface area contributed by atoms with Crippen LogP contribution in [0.2, 0.25) is 0 Å². The van der Waals surface area contributed by atoms with Gasteiger partial charge in [-0.15, -0.1) is 0 Å². The van der Waals surface area contributed by atoms with Crippen molar-refractivity contribution in [2.24, 2.45) is 0 Å². The summed E-state index contributed by atoms with van der Waals surface area (Å²) in [6.07, 6.45) is 0. The van der Waals surface area contributed by atoms with E-state index in [-0.39, 0.29) is 5.69 Å². The van der Waals surface area contributed by atoms with Crippen LogP contribution >= 0.6 is 0 Å². The molecule has 1 radical (unpaired) electrons. The zero-order valence-electron chi connectivity index (χ0n) is 9.14. The van der Waals surface area contributed by atoms with Gasteiger partial charge in [0.2, 0.25) is 5.43 Å². The molecule has 0 amide bonds. The van der Waals surface area contributed by atoms with Crippen LogP contribution in [0, 0.1) is 16.2 Å². The number of aromatic amines is 1. The minimum absolute atomic E-state index is 0.320. The number of non-ortho nitro benzene ring substituents is 1. The summed E-state index contributed by atoms with van der Waals surface area (Å²) < 4.78 is 0. The molecule has 1 N–H and O–H groups in total. The summed E-state index contributed by atoms with van der Waals surface area (Å²) in [4.78, 5) is 24.8. The van der Waals surface area contributed by atoms with Gasteiger partial charge in [0, 0.05) is 17.1 Å². The third kappa shape index (κ3) is 1.53. The molecule has 0 fully saturated rings. The highest BCUT2D eigenvalue weighted by atomic mass is 16.6. The highest BCUT2D eigenvalue weighted by Crippen LogP contribution is 2.24. The number of nitro benzene ring substituents is 1. The molecule has 0 spiro atoms. The molecule has 87 valence electrons. The Morgan fingerprint density at radius 1 is 1.22 bits per heavy atom.